The van der Waals surface area contributed by atoms with Gasteiger partial charge in [-0.1, -0.05) is 24.3 Å². The smallest absolute Gasteiger partial charge is 0.251 e. The van der Waals surface area contributed by atoms with E-state index in [0.717, 1.165) is 26.1 Å². The number of likely N-dealkylation sites (tertiary alicyclic amines) is 1. The van der Waals surface area contributed by atoms with Gasteiger partial charge in [0.2, 0.25) is 0 Å². The molecule has 0 unspecified atom stereocenters. The van der Waals surface area contributed by atoms with Crippen LogP contribution in [0.25, 0.3) is 0 Å². The lowest BCUT2D eigenvalue weighted by atomic mass is 10.1. The maximum atomic E-state index is 12.2. The third kappa shape index (κ3) is 4.37. The van der Waals surface area contributed by atoms with Crippen LogP contribution in [-0.2, 0) is 13.6 Å². The molecule has 0 spiro atoms. The highest BCUT2D eigenvalue weighted by Crippen LogP contribution is 2.19. The zero-order valence-corrected chi connectivity index (χ0v) is 14.9. The maximum absolute atomic E-state index is 12.2. The molecule has 1 aromatic heterocycles. The molecular weight excluding hydrogens is 314 g/mol. The van der Waals surface area contributed by atoms with Crippen molar-refractivity contribution in [2.75, 3.05) is 19.6 Å². The number of aromatic nitrogens is 1. The predicted molar refractivity (Wildman–Crippen MR) is 98.6 cm³/mol. The lowest BCUT2D eigenvalue weighted by Gasteiger charge is -2.17. The van der Waals surface area contributed by atoms with Crippen molar-refractivity contribution in [2.24, 2.45) is 13.0 Å². The molecule has 0 saturated carbocycles. The molecule has 5 nitrogen and oxygen atoms in total. The Balaban J connectivity index is 1.50. The number of carbonyl (C=O) groups excluding carboxylic acids is 1. The van der Waals surface area contributed by atoms with Gasteiger partial charge >= 0.3 is 0 Å². The van der Waals surface area contributed by atoms with Crippen molar-refractivity contribution in [1.29, 1.82) is 0 Å². The monoisotopic (exact) mass is 339 g/mol. The normalized spacial score (nSPS) is 17.6. The summed E-state index contributed by atoms with van der Waals surface area (Å²) >= 11 is 0. The first-order valence-corrected chi connectivity index (χ1v) is 8.74. The van der Waals surface area contributed by atoms with Crippen LogP contribution in [0, 0.1) is 12.8 Å². The summed E-state index contributed by atoms with van der Waals surface area (Å²) in [5.74, 6) is 0.287. The number of hydrogen-bond acceptors (Lipinski definition) is 3. The SMILES string of the molecule is Cc1ccccc1CN1CC[C@H](CNC(=O)c2ccn(C)c(=O)c2)C1. The minimum atomic E-state index is -0.171. The van der Waals surface area contributed by atoms with Crippen molar-refractivity contribution in [2.45, 2.75) is 19.9 Å². The highest BCUT2D eigenvalue weighted by Gasteiger charge is 2.23. The van der Waals surface area contributed by atoms with Gasteiger partial charge in [-0.25, -0.2) is 0 Å². The fourth-order valence-corrected chi connectivity index (χ4v) is 3.28. The lowest BCUT2D eigenvalue weighted by molar-refractivity contribution is 0.0947. The Kier molecular flexibility index (Phi) is 5.34. The number of nitrogens with one attached hydrogen (secondary N) is 1. The van der Waals surface area contributed by atoms with Gasteiger partial charge in [-0.15, -0.1) is 0 Å². The molecule has 132 valence electrons. The van der Waals surface area contributed by atoms with Gasteiger partial charge in [-0.3, -0.25) is 14.5 Å². The number of aryl methyl sites for hydroxylation is 2. The van der Waals surface area contributed by atoms with Crippen LogP contribution < -0.4 is 10.9 Å². The van der Waals surface area contributed by atoms with Gasteiger partial charge in [0.15, 0.2) is 0 Å². The van der Waals surface area contributed by atoms with E-state index in [-0.39, 0.29) is 11.5 Å². The van der Waals surface area contributed by atoms with Crippen LogP contribution >= 0.6 is 0 Å². The lowest BCUT2D eigenvalue weighted by Crippen LogP contribution is -2.32. The Bertz CT molecular complexity index is 813. The summed E-state index contributed by atoms with van der Waals surface area (Å²) in [5.41, 5.74) is 2.95. The zero-order valence-electron chi connectivity index (χ0n) is 14.9. The molecule has 2 heterocycles. The van der Waals surface area contributed by atoms with Crippen LogP contribution in [0.3, 0.4) is 0 Å². The number of nitrogens with zero attached hydrogens (tertiary/aromatic N) is 2. The molecule has 1 aromatic carbocycles. The minimum absolute atomic E-state index is 0.169. The fraction of sp³-hybridized carbons (Fsp3) is 0.400. The second kappa shape index (κ2) is 7.66. The van der Waals surface area contributed by atoms with Gasteiger partial charge in [0.05, 0.1) is 0 Å². The molecule has 1 saturated heterocycles. The zero-order chi connectivity index (χ0) is 17.8. The Morgan fingerprint density at radius 1 is 1.28 bits per heavy atom. The van der Waals surface area contributed by atoms with E-state index >= 15 is 0 Å². The summed E-state index contributed by atoms with van der Waals surface area (Å²) in [5, 5.41) is 2.97. The van der Waals surface area contributed by atoms with Gasteiger partial charge < -0.3 is 9.88 Å². The molecule has 5 heteroatoms. The van der Waals surface area contributed by atoms with Gasteiger partial charge in [-0.2, -0.15) is 0 Å². The van der Waals surface area contributed by atoms with Crippen molar-refractivity contribution >= 4 is 5.91 Å². The average molecular weight is 339 g/mol. The van der Waals surface area contributed by atoms with Gasteiger partial charge in [-0.05, 0) is 43.0 Å². The topological polar surface area (TPSA) is 54.3 Å². The Morgan fingerprint density at radius 2 is 2.08 bits per heavy atom. The summed E-state index contributed by atoms with van der Waals surface area (Å²) in [7, 11) is 1.67. The molecule has 1 atom stereocenters. The van der Waals surface area contributed by atoms with E-state index in [9.17, 15) is 9.59 Å². The van der Waals surface area contributed by atoms with E-state index in [4.69, 9.17) is 0 Å². The van der Waals surface area contributed by atoms with Crippen molar-refractivity contribution in [3.63, 3.8) is 0 Å². The number of amides is 1. The molecular formula is C20H25N3O2. The fourth-order valence-electron chi connectivity index (χ4n) is 3.28. The van der Waals surface area contributed by atoms with Crippen molar-refractivity contribution < 1.29 is 4.79 Å². The summed E-state index contributed by atoms with van der Waals surface area (Å²) in [6.45, 7) is 5.81. The third-order valence-corrected chi connectivity index (χ3v) is 4.94. The van der Waals surface area contributed by atoms with Crippen LogP contribution in [0.4, 0.5) is 0 Å². The van der Waals surface area contributed by atoms with Crippen molar-refractivity contribution in [3.8, 4) is 0 Å². The summed E-state index contributed by atoms with van der Waals surface area (Å²) in [4.78, 5) is 26.3. The Hall–Kier alpha value is -2.40. The Morgan fingerprint density at radius 3 is 2.84 bits per heavy atom. The third-order valence-electron chi connectivity index (χ3n) is 4.94. The maximum Gasteiger partial charge on any atom is 0.251 e. The van der Waals surface area contributed by atoms with Crippen LogP contribution in [0.2, 0.25) is 0 Å². The summed E-state index contributed by atoms with van der Waals surface area (Å²) in [6, 6.07) is 11.5. The first kappa shape index (κ1) is 17.4. The number of pyridine rings is 1. The quantitative estimate of drug-likeness (QED) is 0.906. The minimum Gasteiger partial charge on any atom is -0.352 e. The molecule has 1 aliphatic heterocycles. The molecule has 0 radical (unpaired) electrons. The highest BCUT2D eigenvalue weighted by molar-refractivity contribution is 5.93. The second-order valence-electron chi connectivity index (χ2n) is 6.89. The second-order valence-corrected chi connectivity index (χ2v) is 6.89. The first-order valence-electron chi connectivity index (χ1n) is 8.74. The van der Waals surface area contributed by atoms with E-state index in [1.54, 1.807) is 19.3 Å². The van der Waals surface area contributed by atoms with Crippen molar-refractivity contribution in [1.82, 2.24) is 14.8 Å². The molecule has 1 aliphatic rings. The number of rotatable bonds is 5. The van der Waals surface area contributed by atoms with E-state index in [1.807, 2.05) is 0 Å². The number of hydrogen-bond donors (Lipinski definition) is 1. The Labute approximate surface area is 148 Å². The van der Waals surface area contributed by atoms with Gasteiger partial charge in [0.1, 0.15) is 0 Å². The van der Waals surface area contributed by atoms with Crippen LogP contribution in [-0.4, -0.2) is 35.0 Å². The molecule has 0 bridgehead atoms. The summed E-state index contributed by atoms with van der Waals surface area (Å²) in [6.07, 6.45) is 2.71. The molecule has 1 amide bonds. The van der Waals surface area contributed by atoms with E-state index in [1.165, 1.54) is 21.8 Å². The van der Waals surface area contributed by atoms with Crippen LogP contribution in [0.5, 0.6) is 0 Å². The molecule has 3 rings (SSSR count). The highest BCUT2D eigenvalue weighted by atomic mass is 16.2. The molecule has 0 aliphatic carbocycles. The largest absolute Gasteiger partial charge is 0.352 e. The van der Waals surface area contributed by atoms with Crippen LogP contribution in [0.1, 0.15) is 27.9 Å². The van der Waals surface area contributed by atoms with E-state index in [0.29, 0.717) is 18.0 Å². The van der Waals surface area contributed by atoms with Crippen molar-refractivity contribution in [3.05, 3.63) is 69.6 Å². The predicted octanol–water partition coefficient (Wildman–Crippen LogP) is 1.95. The summed E-state index contributed by atoms with van der Waals surface area (Å²) < 4.78 is 1.46. The number of carbonyl (C=O) groups is 1. The van der Waals surface area contributed by atoms with Gasteiger partial charge in [0, 0.05) is 44.5 Å². The first-order chi connectivity index (χ1) is 12.0. The molecule has 25 heavy (non-hydrogen) atoms. The molecule has 1 fully saturated rings. The molecule has 1 N–H and O–H groups in total. The molecule has 2 aromatic rings. The van der Waals surface area contributed by atoms with Crippen LogP contribution in [0.15, 0.2) is 47.4 Å². The standard InChI is InChI=1S/C20H25N3O2/c1-15-5-3-4-6-18(15)14-23-10-7-16(13-23)12-21-20(25)17-8-9-22(2)19(24)11-17/h3-6,8-9,11,16H,7,10,12-14H2,1-2H3,(H,21,25)/t16-/m1/s1. The average Bonchev–Trinajstić information content (AvgIpc) is 3.05. The number of benzene rings is 1. The van der Waals surface area contributed by atoms with E-state index < -0.39 is 0 Å². The van der Waals surface area contributed by atoms with Gasteiger partial charge in [0.25, 0.3) is 11.5 Å². The van der Waals surface area contributed by atoms with E-state index in [2.05, 4.69) is 41.4 Å².